The number of carbonyl (C=O) groups excluding carboxylic acids is 1. The molecule has 1 unspecified atom stereocenters. The molecule has 0 radical (unpaired) electrons. The number of nitrogens with zero attached hydrogens (tertiary/aromatic N) is 2. The van der Waals surface area contributed by atoms with Crippen LogP contribution in [0.1, 0.15) is 12.8 Å². The van der Waals surface area contributed by atoms with Crippen molar-refractivity contribution in [1.29, 1.82) is 0 Å². The standard InChI is InChI=1S/C20H18F3N3O2S/c21-20(22,23)28-16-9-3-1-7-14(16)24-18(27)13-6-5-11-26(12-13)19-25-15-8-2-4-10-17(15)29-19/h1-4,7-10,13H,5-6,11-12H2,(H,24,27). The van der Waals surface area contributed by atoms with Crippen LogP contribution in [0.15, 0.2) is 48.5 Å². The van der Waals surface area contributed by atoms with Gasteiger partial charge in [0.05, 0.1) is 21.8 Å². The topological polar surface area (TPSA) is 54.5 Å². The molecule has 1 saturated heterocycles. The maximum atomic E-state index is 12.7. The van der Waals surface area contributed by atoms with Gasteiger partial charge in [0, 0.05) is 13.1 Å². The molecule has 3 aromatic rings. The van der Waals surface area contributed by atoms with Crippen LogP contribution in [0.3, 0.4) is 0 Å². The summed E-state index contributed by atoms with van der Waals surface area (Å²) in [5.41, 5.74) is 0.921. The maximum Gasteiger partial charge on any atom is 0.573 e. The average Bonchev–Trinajstić information content (AvgIpc) is 3.13. The van der Waals surface area contributed by atoms with E-state index in [1.54, 1.807) is 17.4 Å². The van der Waals surface area contributed by atoms with Crippen LogP contribution in [0.2, 0.25) is 0 Å². The number of carbonyl (C=O) groups is 1. The summed E-state index contributed by atoms with van der Waals surface area (Å²) in [5, 5.41) is 3.45. The molecule has 2 aromatic carbocycles. The largest absolute Gasteiger partial charge is 0.573 e. The van der Waals surface area contributed by atoms with E-state index in [4.69, 9.17) is 0 Å². The van der Waals surface area contributed by atoms with Crippen LogP contribution in [0.4, 0.5) is 24.0 Å². The number of fused-ring (bicyclic) bond motifs is 1. The van der Waals surface area contributed by atoms with Crippen LogP contribution in [0, 0.1) is 5.92 Å². The molecule has 1 aromatic heterocycles. The summed E-state index contributed by atoms with van der Waals surface area (Å²) in [5.74, 6) is -1.10. The van der Waals surface area contributed by atoms with Gasteiger partial charge >= 0.3 is 6.36 Å². The second-order valence-corrected chi connectivity index (χ2v) is 7.79. The van der Waals surface area contributed by atoms with Gasteiger partial charge in [-0.1, -0.05) is 35.6 Å². The molecule has 29 heavy (non-hydrogen) atoms. The smallest absolute Gasteiger partial charge is 0.404 e. The summed E-state index contributed by atoms with van der Waals surface area (Å²) in [4.78, 5) is 19.4. The third-order valence-corrected chi connectivity index (χ3v) is 5.81. The van der Waals surface area contributed by atoms with E-state index in [9.17, 15) is 18.0 Å². The molecule has 1 fully saturated rings. The molecule has 4 rings (SSSR count). The highest BCUT2D eigenvalue weighted by atomic mass is 32.1. The van der Waals surface area contributed by atoms with E-state index in [1.807, 2.05) is 24.3 Å². The third-order valence-electron chi connectivity index (χ3n) is 4.72. The Kier molecular flexibility index (Phi) is 5.31. The Hall–Kier alpha value is -2.81. The monoisotopic (exact) mass is 421 g/mol. The number of ether oxygens (including phenoxy) is 1. The lowest BCUT2D eigenvalue weighted by atomic mass is 9.97. The number of benzene rings is 2. The van der Waals surface area contributed by atoms with Crippen molar-refractivity contribution in [3.8, 4) is 5.75 Å². The number of amides is 1. The van der Waals surface area contributed by atoms with Gasteiger partial charge in [-0.2, -0.15) is 0 Å². The lowest BCUT2D eigenvalue weighted by molar-refractivity contribution is -0.274. The average molecular weight is 421 g/mol. The number of hydrogen-bond acceptors (Lipinski definition) is 5. The van der Waals surface area contributed by atoms with Crippen molar-refractivity contribution in [2.24, 2.45) is 5.92 Å². The highest BCUT2D eigenvalue weighted by Gasteiger charge is 2.33. The minimum Gasteiger partial charge on any atom is -0.404 e. The van der Waals surface area contributed by atoms with Crippen LogP contribution in [0.25, 0.3) is 10.2 Å². The molecular formula is C20H18F3N3O2S. The van der Waals surface area contributed by atoms with Crippen molar-refractivity contribution in [1.82, 2.24) is 4.98 Å². The summed E-state index contributed by atoms with van der Waals surface area (Å²) in [7, 11) is 0. The number of rotatable bonds is 4. The Balaban J connectivity index is 1.47. The zero-order chi connectivity index (χ0) is 20.4. The summed E-state index contributed by atoms with van der Waals surface area (Å²) >= 11 is 1.57. The van der Waals surface area contributed by atoms with Crippen molar-refractivity contribution in [3.63, 3.8) is 0 Å². The number of para-hydroxylation sites is 3. The minimum atomic E-state index is -4.82. The van der Waals surface area contributed by atoms with Crippen LogP contribution < -0.4 is 15.0 Å². The van der Waals surface area contributed by atoms with Crippen molar-refractivity contribution < 1.29 is 22.7 Å². The molecule has 1 aliphatic rings. The molecule has 1 N–H and O–H groups in total. The van der Waals surface area contributed by atoms with E-state index in [0.717, 1.165) is 28.3 Å². The quantitative estimate of drug-likeness (QED) is 0.641. The van der Waals surface area contributed by atoms with Gasteiger partial charge in [0.2, 0.25) is 5.91 Å². The highest BCUT2D eigenvalue weighted by molar-refractivity contribution is 7.22. The van der Waals surface area contributed by atoms with Gasteiger partial charge < -0.3 is 15.0 Å². The zero-order valence-corrected chi connectivity index (χ0v) is 16.1. The van der Waals surface area contributed by atoms with Gasteiger partial charge in [0.1, 0.15) is 0 Å². The fourth-order valence-corrected chi connectivity index (χ4v) is 4.38. The SMILES string of the molecule is O=C(Nc1ccccc1OC(F)(F)F)C1CCCN(c2nc3ccccc3s2)C1. The molecule has 1 amide bonds. The third kappa shape index (κ3) is 4.61. The Morgan fingerprint density at radius 3 is 2.72 bits per heavy atom. The van der Waals surface area contributed by atoms with Crippen LogP contribution in [-0.4, -0.2) is 30.3 Å². The number of aromatic nitrogens is 1. The number of hydrogen-bond donors (Lipinski definition) is 1. The first-order chi connectivity index (χ1) is 13.9. The van der Waals surface area contributed by atoms with Gasteiger partial charge in [-0.05, 0) is 37.1 Å². The Morgan fingerprint density at radius 1 is 1.17 bits per heavy atom. The molecular weight excluding hydrogens is 403 g/mol. The van der Waals surface area contributed by atoms with Crippen LogP contribution in [-0.2, 0) is 4.79 Å². The highest BCUT2D eigenvalue weighted by Crippen LogP contribution is 2.33. The molecule has 152 valence electrons. The molecule has 1 atom stereocenters. The van der Waals surface area contributed by atoms with Gasteiger partial charge in [0.25, 0.3) is 0 Å². The normalized spacial score (nSPS) is 17.3. The summed E-state index contributed by atoms with van der Waals surface area (Å²) < 4.78 is 42.9. The number of halogens is 3. The first kappa shape index (κ1) is 19.5. The second kappa shape index (κ2) is 7.90. The lowest BCUT2D eigenvalue weighted by Gasteiger charge is -2.31. The Bertz CT molecular complexity index is 988. The Labute approximate surface area is 169 Å². The molecule has 1 aliphatic heterocycles. The van der Waals surface area contributed by atoms with Crippen LogP contribution in [0.5, 0.6) is 5.75 Å². The molecule has 0 aliphatic carbocycles. The molecule has 0 spiro atoms. The molecule has 9 heteroatoms. The summed E-state index contributed by atoms with van der Waals surface area (Å²) in [6, 6.07) is 13.4. The second-order valence-electron chi connectivity index (χ2n) is 6.78. The van der Waals surface area contributed by atoms with Gasteiger partial charge in [0.15, 0.2) is 10.9 Å². The van der Waals surface area contributed by atoms with Crippen LogP contribution >= 0.6 is 11.3 Å². The van der Waals surface area contributed by atoms with Gasteiger partial charge in [-0.25, -0.2) is 4.98 Å². The number of anilines is 2. The maximum absolute atomic E-state index is 12.7. The molecule has 0 bridgehead atoms. The minimum absolute atomic E-state index is 0.00642. The Morgan fingerprint density at radius 2 is 1.93 bits per heavy atom. The van der Waals surface area contributed by atoms with E-state index in [0.29, 0.717) is 13.0 Å². The van der Waals surface area contributed by atoms with Crippen molar-refractivity contribution in [3.05, 3.63) is 48.5 Å². The van der Waals surface area contributed by atoms with Crippen molar-refractivity contribution in [2.75, 3.05) is 23.3 Å². The van der Waals surface area contributed by atoms with Crippen molar-refractivity contribution >= 4 is 38.3 Å². The fraction of sp³-hybridized carbons (Fsp3) is 0.300. The summed E-state index contributed by atoms with van der Waals surface area (Å²) in [6.07, 6.45) is -3.36. The van der Waals surface area contributed by atoms with Gasteiger partial charge in [-0.3, -0.25) is 4.79 Å². The predicted octanol–water partition coefficient (Wildman–Crippen LogP) is 5.05. The van der Waals surface area contributed by atoms with Gasteiger partial charge in [-0.15, -0.1) is 13.2 Å². The first-order valence-corrected chi connectivity index (χ1v) is 9.97. The summed E-state index contributed by atoms with van der Waals surface area (Å²) in [6.45, 7) is 1.26. The van der Waals surface area contributed by atoms with E-state index < -0.39 is 12.1 Å². The zero-order valence-electron chi connectivity index (χ0n) is 15.3. The molecule has 5 nitrogen and oxygen atoms in total. The van der Waals surface area contributed by atoms with E-state index in [1.165, 1.54) is 18.2 Å². The first-order valence-electron chi connectivity index (χ1n) is 9.15. The molecule has 0 saturated carbocycles. The fourth-order valence-electron chi connectivity index (χ4n) is 3.38. The number of alkyl halides is 3. The van der Waals surface area contributed by atoms with E-state index in [-0.39, 0.29) is 17.5 Å². The predicted molar refractivity (Wildman–Crippen MR) is 106 cm³/mol. The molecule has 2 heterocycles. The van der Waals surface area contributed by atoms with E-state index in [2.05, 4.69) is 19.9 Å². The number of thiazole rings is 1. The number of piperidine rings is 1. The lowest BCUT2D eigenvalue weighted by Crippen LogP contribution is -2.40. The van der Waals surface area contributed by atoms with Crippen molar-refractivity contribution in [2.45, 2.75) is 19.2 Å². The van der Waals surface area contributed by atoms with E-state index >= 15 is 0 Å². The number of nitrogens with one attached hydrogen (secondary N) is 1.